The number of rotatable bonds is 4. The number of hydrogen-bond acceptors (Lipinski definition) is 4. The van der Waals surface area contributed by atoms with Crippen LogP contribution in [-0.4, -0.2) is 24.9 Å². The molecule has 0 aliphatic heterocycles. The van der Waals surface area contributed by atoms with Crippen LogP contribution in [0.15, 0.2) is 18.5 Å². The molecule has 0 aliphatic carbocycles. The molecule has 2 aromatic rings. The van der Waals surface area contributed by atoms with Gasteiger partial charge in [0, 0.05) is 30.9 Å². The summed E-state index contributed by atoms with van der Waals surface area (Å²) in [6.45, 7) is 6.64. The van der Waals surface area contributed by atoms with Crippen LogP contribution in [0.1, 0.15) is 35.8 Å². The Hall–Kier alpha value is -1.75. The van der Waals surface area contributed by atoms with E-state index >= 15 is 0 Å². The van der Waals surface area contributed by atoms with E-state index in [4.69, 9.17) is 0 Å². The molecule has 18 heavy (non-hydrogen) atoms. The van der Waals surface area contributed by atoms with Gasteiger partial charge in [-0.25, -0.2) is 4.98 Å². The molecule has 5 heteroatoms. The van der Waals surface area contributed by atoms with Crippen molar-refractivity contribution in [3.05, 3.63) is 41.2 Å². The van der Waals surface area contributed by atoms with Crippen LogP contribution in [-0.2, 0) is 13.0 Å². The minimum atomic E-state index is -0.591. The molecular weight excluding hydrogens is 228 g/mol. The number of aliphatic hydroxyl groups is 1. The van der Waals surface area contributed by atoms with Gasteiger partial charge in [0.05, 0.1) is 17.5 Å². The van der Waals surface area contributed by atoms with E-state index in [2.05, 4.69) is 22.1 Å². The van der Waals surface area contributed by atoms with Crippen molar-refractivity contribution in [3.63, 3.8) is 0 Å². The molecule has 0 radical (unpaired) electrons. The molecule has 2 rings (SSSR count). The van der Waals surface area contributed by atoms with Gasteiger partial charge in [-0.3, -0.25) is 0 Å². The summed E-state index contributed by atoms with van der Waals surface area (Å²) in [7, 11) is 0. The third-order valence-corrected chi connectivity index (χ3v) is 3.02. The van der Waals surface area contributed by atoms with E-state index in [1.54, 1.807) is 6.20 Å². The van der Waals surface area contributed by atoms with Crippen LogP contribution < -0.4 is 0 Å². The van der Waals surface area contributed by atoms with Crippen molar-refractivity contribution in [2.24, 2.45) is 0 Å². The van der Waals surface area contributed by atoms with Crippen LogP contribution in [0.5, 0.6) is 0 Å². The highest BCUT2D eigenvalue weighted by atomic mass is 16.3. The lowest BCUT2D eigenvalue weighted by atomic mass is 10.0. The first kappa shape index (κ1) is 12.7. The van der Waals surface area contributed by atoms with Crippen LogP contribution >= 0.6 is 0 Å². The maximum Gasteiger partial charge on any atom is 0.111 e. The molecule has 0 saturated carbocycles. The second-order valence-electron chi connectivity index (χ2n) is 4.38. The van der Waals surface area contributed by atoms with Crippen molar-refractivity contribution in [3.8, 4) is 0 Å². The first-order valence-electron chi connectivity index (χ1n) is 6.10. The zero-order chi connectivity index (χ0) is 13.1. The maximum atomic E-state index is 10.3. The number of aliphatic hydroxyl groups excluding tert-OH is 1. The molecule has 0 aliphatic rings. The van der Waals surface area contributed by atoms with E-state index in [-0.39, 0.29) is 0 Å². The summed E-state index contributed by atoms with van der Waals surface area (Å²) < 4.78 is 2.03. The summed E-state index contributed by atoms with van der Waals surface area (Å²) in [6.07, 6.45) is 3.58. The average Bonchev–Trinajstić information content (AvgIpc) is 2.79. The predicted molar refractivity (Wildman–Crippen MR) is 68.1 cm³/mol. The van der Waals surface area contributed by atoms with E-state index in [0.29, 0.717) is 6.42 Å². The highest BCUT2D eigenvalue weighted by Crippen LogP contribution is 2.20. The van der Waals surface area contributed by atoms with Gasteiger partial charge in [0.2, 0.25) is 0 Å². The zero-order valence-electron chi connectivity index (χ0n) is 11.0. The smallest absolute Gasteiger partial charge is 0.111 e. The molecule has 0 fully saturated rings. The van der Waals surface area contributed by atoms with E-state index in [9.17, 15) is 5.11 Å². The molecule has 0 amide bonds. The third-order valence-electron chi connectivity index (χ3n) is 3.02. The van der Waals surface area contributed by atoms with Gasteiger partial charge in [-0.15, -0.1) is 0 Å². The molecule has 2 heterocycles. The summed E-state index contributed by atoms with van der Waals surface area (Å²) in [6, 6.07) is 1.88. The fourth-order valence-corrected chi connectivity index (χ4v) is 2.01. The van der Waals surface area contributed by atoms with Gasteiger partial charge in [-0.1, -0.05) is 0 Å². The Kier molecular flexibility index (Phi) is 3.72. The minimum Gasteiger partial charge on any atom is -0.388 e. The molecule has 0 aromatic carbocycles. The number of aromatic nitrogens is 4. The second kappa shape index (κ2) is 5.27. The summed E-state index contributed by atoms with van der Waals surface area (Å²) >= 11 is 0. The molecule has 1 atom stereocenters. The molecule has 0 saturated heterocycles. The van der Waals surface area contributed by atoms with E-state index < -0.39 is 6.10 Å². The van der Waals surface area contributed by atoms with Crippen molar-refractivity contribution >= 4 is 0 Å². The molecule has 0 bridgehead atoms. The Bertz CT molecular complexity index is 536. The molecule has 96 valence electrons. The van der Waals surface area contributed by atoms with Crippen molar-refractivity contribution in [1.29, 1.82) is 0 Å². The summed E-state index contributed by atoms with van der Waals surface area (Å²) in [4.78, 5) is 4.27. The third kappa shape index (κ3) is 2.56. The van der Waals surface area contributed by atoms with Gasteiger partial charge in [-0.2, -0.15) is 10.2 Å². The van der Waals surface area contributed by atoms with Crippen LogP contribution in [0.3, 0.4) is 0 Å². The second-order valence-corrected chi connectivity index (χ2v) is 4.38. The normalized spacial score (nSPS) is 12.7. The van der Waals surface area contributed by atoms with Crippen LogP contribution in [0, 0.1) is 13.8 Å². The molecule has 1 unspecified atom stereocenters. The first-order chi connectivity index (χ1) is 8.61. The van der Waals surface area contributed by atoms with Gasteiger partial charge >= 0.3 is 0 Å². The van der Waals surface area contributed by atoms with Crippen molar-refractivity contribution in [2.45, 2.75) is 39.8 Å². The monoisotopic (exact) mass is 246 g/mol. The lowest BCUT2D eigenvalue weighted by Crippen LogP contribution is -2.11. The highest BCUT2D eigenvalue weighted by molar-refractivity contribution is 5.23. The Morgan fingerprint density at radius 3 is 2.83 bits per heavy atom. The van der Waals surface area contributed by atoms with E-state index in [1.165, 1.54) is 0 Å². The first-order valence-corrected chi connectivity index (χ1v) is 6.10. The highest BCUT2D eigenvalue weighted by Gasteiger charge is 2.15. The molecule has 0 spiro atoms. The molecule has 2 aromatic heterocycles. The fraction of sp³-hybridized carbons (Fsp3) is 0.462. The zero-order valence-corrected chi connectivity index (χ0v) is 11.0. The van der Waals surface area contributed by atoms with E-state index in [0.717, 1.165) is 29.3 Å². The molecule has 1 N–H and O–H groups in total. The van der Waals surface area contributed by atoms with Gasteiger partial charge in [-0.05, 0) is 26.8 Å². The number of hydrogen-bond donors (Lipinski definition) is 1. The Labute approximate surface area is 107 Å². The topological polar surface area (TPSA) is 63.8 Å². The number of nitrogens with zero attached hydrogens (tertiary/aromatic N) is 4. The van der Waals surface area contributed by atoms with Crippen molar-refractivity contribution in [2.75, 3.05) is 0 Å². The maximum absolute atomic E-state index is 10.3. The number of imidazole rings is 1. The summed E-state index contributed by atoms with van der Waals surface area (Å²) in [5.41, 5.74) is 2.41. The van der Waals surface area contributed by atoms with E-state index in [1.807, 2.05) is 30.7 Å². The lowest BCUT2D eigenvalue weighted by Gasteiger charge is -2.13. The Morgan fingerprint density at radius 1 is 1.33 bits per heavy atom. The van der Waals surface area contributed by atoms with Crippen molar-refractivity contribution < 1.29 is 5.11 Å². The number of aryl methyl sites for hydroxylation is 3. The fourth-order valence-electron chi connectivity index (χ4n) is 2.01. The van der Waals surface area contributed by atoms with Gasteiger partial charge in [0.15, 0.2) is 0 Å². The van der Waals surface area contributed by atoms with Gasteiger partial charge in [0.1, 0.15) is 5.82 Å². The average molecular weight is 246 g/mol. The van der Waals surface area contributed by atoms with Crippen molar-refractivity contribution in [1.82, 2.24) is 19.7 Å². The Balaban J connectivity index is 2.21. The minimum absolute atomic E-state index is 0.493. The molecular formula is C13H18N4O. The van der Waals surface area contributed by atoms with Gasteiger partial charge < -0.3 is 9.67 Å². The van der Waals surface area contributed by atoms with Crippen LogP contribution in [0.4, 0.5) is 0 Å². The SMILES string of the molecule is CCn1ccnc1CC(O)c1cc(C)nnc1C. The van der Waals surface area contributed by atoms with Gasteiger partial charge in [0.25, 0.3) is 0 Å². The quantitative estimate of drug-likeness (QED) is 0.889. The molecule has 5 nitrogen and oxygen atoms in total. The largest absolute Gasteiger partial charge is 0.388 e. The Morgan fingerprint density at radius 2 is 2.11 bits per heavy atom. The predicted octanol–water partition coefficient (Wildman–Crippen LogP) is 1.59. The van der Waals surface area contributed by atoms with Crippen LogP contribution in [0.2, 0.25) is 0 Å². The standard InChI is InChI=1S/C13H18N4O/c1-4-17-6-5-14-13(17)8-12(18)11-7-9(2)15-16-10(11)3/h5-7,12,18H,4,8H2,1-3H3. The lowest BCUT2D eigenvalue weighted by molar-refractivity contribution is 0.173. The van der Waals surface area contributed by atoms with Crippen LogP contribution in [0.25, 0.3) is 0 Å². The summed E-state index contributed by atoms with van der Waals surface area (Å²) in [5, 5.41) is 18.3. The summed E-state index contributed by atoms with van der Waals surface area (Å²) in [5.74, 6) is 0.888.